The Hall–Kier alpha value is -3.41. The minimum Gasteiger partial charge on any atom is -0.484 e. The smallest absolute Gasteiger partial charge is 0.263 e. The molecule has 1 atom stereocenters. The van der Waals surface area contributed by atoms with E-state index in [4.69, 9.17) is 4.74 Å². The second-order valence-electron chi connectivity index (χ2n) is 5.73. The van der Waals surface area contributed by atoms with Crippen molar-refractivity contribution in [2.24, 2.45) is 0 Å². The highest BCUT2D eigenvalue weighted by Gasteiger charge is 2.18. The van der Waals surface area contributed by atoms with Crippen LogP contribution in [0, 0.1) is 6.92 Å². The van der Waals surface area contributed by atoms with Crippen molar-refractivity contribution in [1.82, 2.24) is 15.3 Å². The van der Waals surface area contributed by atoms with Crippen LogP contribution in [0.4, 0.5) is 0 Å². The van der Waals surface area contributed by atoms with Gasteiger partial charge in [-0.1, -0.05) is 48.5 Å². The zero-order valence-corrected chi connectivity index (χ0v) is 14.3. The van der Waals surface area contributed by atoms with Crippen LogP contribution in [-0.4, -0.2) is 22.4 Å². The van der Waals surface area contributed by atoms with E-state index in [0.717, 1.165) is 5.56 Å². The molecule has 1 unspecified atom stereocenters. The number of aromatic amines is 1. The first kappa shape index (κ1) is 17.4. The first-order valence-corrected chi connectivity index (χ1v) is 8.24. The molecule has 0 radical (unpaired) electrons. The van der Waals surface area contributed by atoms with Crippen molar-refractivity contribution in [2.75, 3.05) is 6.54 Å². The van der Waals surface area contributed by atoms with Crippen LogP contribution in [0.15, 0.2) is 71.8 Å². The molecule has 0 fully saturated rings. The van der Waals surface area contributed by atoms with Crippen LogP contribution in [0.1, 0.15) is 27.7 Å². The van der Waals surface area contributed by atoms with E-state index in [0.29, 0.717) is 11.4 Å². The number of aromatic nitrogens is 2. The standard InChI is InChI=1S/C20H19N3O3/c1-14-18(20(25)23-13-22-14)19(24)21-12-17(15-8-4-2-5-9-15)26-16-10-6-3-7-11-16/h2-11,13,17H,12H2,1H3,(H,21,24)(H,22,23,25). The molecule has 0 saturated carbocycles. The minimum atomic E-state index is -0.477. The summed E-state index contributed by atoms with van der Waals surface area (Å²) in [5, 5.41) is 2.78. The molecule has 132 valence electrons. The molecule has 1 aromatic heterocycles. The van der Waals surface area contributed by atoms with E-state index in [1.54, 1.807) is 6.92 Å². The number of rotatable bonds is 6. The maximum Gasteiger partial charge on any atom is 0.263 e. The van der Waals surface area contributed by atoms with Gasteiger partial charge >= 0.3 is 0 Å². The van der Waals surface area contributed by atoms with Gasteiger partial charge in [0.2, 0.25) is 0 Å². The van der Waals surface area contributed by atoms with E-state index in [9.17, 15) is 9.59 Å². The molecule has 6 nitrogen and oxygen atoms in total. The predicted molar refractivity (Wildman–Crippen MR) is 98.2 cm³/mol. The summed E-state index contributed by atoms with van der Waals surface area (Å²) in [7, 11) is 0. The SMILES string of the molecule is Cc1nc[nH]c(=O)c1C(=O)NCC(Oc1ccccc1)c1ccccc1. The van der Waals surface area contributed by atoms with Crippen LogP contribution in [0.2, 0.25) is 0 Å². The third kappa shape index (κ3) is 4.16. The number of nitrogens with one attached hydrogen (secondary N) is 2. The Morgan fingerprint density at radius 3 is 2.42 bits per heavy atom. The monoisotopic (exact) mass is 349 g/mol. The van der Waals surface area contributed by atoms with Gasteiger partial charge in [-0.2, -0.15) is 0 Å². The van der Waals surface area contributed by atoms with E-state index >= 15 is 0 Å². The second-order valence-corrected chi connectivity index (χ2v) is 5.73. The number of carbonyl (C=O) groups excluding carboxylic acids is 1. The summed E-state index contributed by atoms with van der Waals surface area (Å²) < 4.78 is 6.03. The summed E-state index contributed by atoms with van der Waals surface area (Å²) in [6.45, 7) is 1.84. The zero-order chi connectivity index (χ0) is 18.4. The van der Waals surface area contributed by atoms with Gasteiger partial charge in [0.15, 0.2) is 0 Å². The summed E-state index contributed by atoms with van der Waals surface area (Å²) >= 11 is 0. The molecule has 0 aliphatic rings. The number of nitrogens with zero attached hydrogens (tertiary/aromatic N) is 1. The van der Waals surface area contributed by atoms with Crippen molar-refractivity contribution in [3.63, 3.8) is 0 Å². The van der Waals surface area contributed by atoms with E-state index in [-0.39, 0.29) is 12.1 Å². The van der Waals surface area contributed by atoms with Crippen molar-refractivity contribution in [1.29, 1.82) is 0 Å². The van der Waals surface area contributed by atoms with E-state index in [1.165, 1.54) is 6.33 Å². The fourth-order valence-electron chi connectivity index (χ4n) is 2.59. The molecule has 2 aromatic carbocycles. The average Bonchev–Trinajstić information content (AvgIpc) is 2.66. The molecule has 2 N–H and O–H groups in total. The Balaban J connectivity index is 1.78. The number of ether oxygens (including phenoxy) is 1. The van der Waals surface area contributed by atoms with Crippen LogP contribution in [0.5, 0.6) is 5.75 Å². The summed E-state index contributed by atoms with van der Waals surface area (Å²) in [6.07, 6.45) is 0.887. The quantitative estimate of drug-likeness (QED) is 0.716. The second kappa shape index (κ2) is 8.11. The Labute approximate surface area is 150 Å². The molecule has 0 spiro atoms. The van der Waals surface area contributed by atoms with Crippen LogP contribution in [0.25, 0.3) is 0 Å². The third-order valence-corrected chi connectivity index (χ3v) is 3.91. The Kier molecular flexibility index (Phi) is 5.43. The number of hydrogen-bond acceptors (Lipinski definition) is 4. The van der Waals surface area contributed by atoms with Crippen molar-refractivity contribution < 1.29 is 9.53 Å². The lowest BCUT2D eigenvalue weighted by Crippen LogP contribution is -2.35. The predicted octanol–water partition coefficient (Wildman–Crippen LogP) is 2.63. The third-order valence-electron chi connectivity index (χ3n) is 3.91. The van der Waals surface area contributed by atoms with Crippen LogP contribution < -0.4 is 15.6 Å². The summed E-state index contributed by atoms with van der Waals surface area (Å²) in [6, 6.07) is 19.0. The number of benzene rings is 2. The highest BCUT2D eigenvalue weighted by molar-refractivity contribution is 5.94. The summed E-state index contributed by atoms with van der Waals surface area (Å²) in [5.41, 5.74) is 0.856. The van der Waals surface area contributed by atoms with Gasteiger partial charge in [-0.15, -0.1) is 0 Å². The fraction of sp³-hybridized carbons (Fsp3) is 0.150. The zero-order valence-electron chi connectivity index (χ0n) is 14.3. The summed E-state index contributed by atoms with van der Waals surface area (Å²) in [4.78, 5) is 30.7. The van der Waals surface area contributed by atoms with Gasteiger partial charge in [0.05, 0.1) is 18.6 Å². The van der Waals surface area contributed by atoms with Crippen molar-refractivity contribution >= 4 is 5.91 Å². The molecule has 26 heavy (non-hydrogen) atoms. The van der Waals surface area contributed by atoms with Crippen LogP contribution >= 0.6 is 0 Å². The number of para-hydroxylation sites is 1. The highest BCUT2D eigenvalue weighted by Crippen LogP contribution is 2.21. The van der Waals surface area contributed by atoms with Gasteiger partial charge < -0.3 is 15.0 Å². The van der Waals surface area contributed by atoms with Crippen LogP contribution in [-0.2, 0) is 0 Å². The lowest BCUT2D eigenvalue weighted by molar-refractivity contribution is 0.0925. The highest BCUT2D eigenvalue weighted by atomic mass is 16.5. The molecule has 3 aromatic rings. The largest absolute Gasteiger partial charge is 0.484 e. The normalized spacial score (nSPS) is 11.6. The molecule has 3 rings (SSSR count). The number of hydrogen-bond donors (Lipinski definition) is 2. The fourth-order valence-corrected chi connectivity index (χ4v) is 2.59. The van der Waals surface area contributed by atoms with E-state index in [2.05, 4.69) is 15.3 Å². The molecule has 0 aliphatic heterocycles. The topological polar surface area (TPSA) is 84.1 Å². The van der Waals surface area contributed by atoms with Crippen molar-refractivity contribution in [3.8, 4) is 5.75 Å². The number of H-pyrrole nitrogens is 1. The van der Waals surface area contributed by atoms with Gasteiger partial charge in [0, 0.05) is 0 Å². The van der Waals surface area contributed by atoms with Crippen LogP contribution in [0.3, 0.4) is 0 Å². The van der Waals surface area contributed by atoms with Gasteiger partial charge in [-0.25, -0.2) is 4.98 Å². The summed E-state index contributed by atoms with van der Waals surface area (Å²) in [5.74, 6) is 0.223. The van der Waals surface area contributed by atoms with Gasteiger partial charge in [0.25, 0.3) is 11.5 Å². The minimum absolute atomic E-state index is 0.0130. The van der Waals surface area contributed by atoms with E-state index in [1.807, 2.05) is 60.7 Å². The molecule has 6 heteroatoms. The molecule has 1 amide bonds. The Morgan fingerprint density at radius 1 is 1.12 bits per heavy atom. The first-order chi connectivity index (χ1) is 12.6. The van der Waals surface area contributed by atoms with Gasteiger partial charge in [0.1, 0.15) is 17.4 Å². The van der Waals surface area contributed by atoms with Crippen molar-refractivity contribution in [2.45, 2.75) is 13.0 Å². The molecular weight excluding hydrogens is 330 g/mol. The molecular formula is C20H19N3O3. The number of carbonyl (C=O) groups is 1. The lowest BCUT2D eigenvalue weighted by Gasteiger charge is -2.20. The number of amides is 1. The maximum atomic E-state index is 12.4. The van der Waals surface area contributed by atoms with Gasteiger partial charge in [-0.05, 0) is 24.6 Å². The maximum absolute atomic E-state index is 12.4. The average molecular weight is 349 g/mol. The van der Waals surface area contributed by atoms with Crippen molar-refractivity contribution in [3.05, 3.63) is 94.2 Å². The lowest BCUT2D eigenvalue weighted by atomic mass is 10.1. The Morgan fingerprint density at radius 2 is 1.77 bits per heavy atom. The number of aryl methyl sites for hydroxylation is 1. The molecule has 1 heterocycles. The van der Waals surface area contributed by atoms with Gasteiger partial charge in [-0.3, -0.25) is 9.59 Å². The molecule has 0 aliphatic carbocycles. The molecule has 0 bridgehead atoms. The Bertz CT molecular complexity index is 924. The molecule has 0 saturated heterocycles. The van der Waals surface area contributed by atoms with E-state index < -0.39 is 17.6 Å². The first-order valence-electron chi connectivity index (χ1n) is 8.24.